The number of ether oxygens (including phenoxy) is 1. The fourth-order valence-electron chi connectivity index (χ4n) is 2.47. The Kier molecular flexibility index (Phi) is 4.83. The molecule has 0 fully saturated rings. The molecule has 1 aliphatic heterocycles. The van der Waals surface area contributed by atoms with E-state index in [1.54, 1.807) is 6.92 Å². The highest BCUT2D eigenvalue weighted by Crippen LogP contribution is 2.23. The molecule has 1 aromatic rings. The first-order chi connectivity index (χ1) is 10.0. The van der Waals surface area contributed by atoms with E-state index in [2.05, 4.69) is 5.32 Å². The van der Waals surface area contributed by atoms with E-state index in [4.69, 9.17) is 4.74 Å². The minimum atomic E-state index is -0.455. The maximum absolute atomic E-state index is 12.1. The van der Waals surface area contributed by atoms with Crippen LogP contribution < -0.4 is 5.32 Å². The number of rotatable bonds is 3. The lowest BCUT2D eigenvalue weighted by molar-refractivity contribution is -0.135. The summed E-state index contributed by atoms with van der Waals surface area (Å²) in [6, 6.07) is 5.80. The van der Waals surface area contributed by atoms with E-state index in [0.717, 1.165) is 18.5 Å². The number of fused-ring (bicyclic) bond motifs is 1. The van der Waals surface area contributed by atoms with Crippen LogP contribution in [0.1, 0.15) is 31.9 Å². The predicted octanol–water partition coefficient (Wildman–Crippen LogP) is 2.80. The van der Waals surface area contributed by atoms with Crippen molar-refractivity contribution in [2.75, 3.05) is 18.5 Å². The maximum atomic E-state index is 12.1. The van der Waals surface area contributed by atoms with Crippen LogP contribution in [0.4, 0.5) is 10.5 Å². The van der Waals surface area contributed by atoms with Gasteiger partial charge in [0.15, 0.2) is 0 Å². The molecule has 0 saturated heterocycles. The second-order valence-electron chi connectivity index (χ2n) is 5.49. The highest BCUT2D eigenvalue weighted by Gasteiger charge is 2.22. The van der Waals surface area contributed by atoms with Crippen molar-refractivity contribution in [3.8, 4) is 0 Å². The van der Waals surface area contributed by atoms with Gasteiger partial charge in [0.25, 0.3) is 0 Å². The molecular weight excluding hydrogens is 268 g/mol. The molecule has 0 spiro atoms. The molecule has 114 valence electrons. The van der Waals surface area contributed by atoms with Gasteiger partial charge < -0.3 is 9.64 Å². The summed E-state index contributed by atoms with van der Waals surface area (Å²) in [7, 11) is 0. The molecule has 2 rings (SSSR count). The molecule has 0 radical (unpaired) electrons. The molecule has 21 heavy (non-hydrogen) atoms. The summed E-state index contributed by atoms with van der Waals surface area (Å²) in [5.41, 5.74) is 3.02. The van der Waals surface area contributed by atoms with Gasteiger partial charge in [-0.05, 0) is 36.6 Å². The topological polar surface area (TPSA) is 58.6 Å². The molecule has 0 saturated carbocycles. The zero-order valence-electron chi connectivity index (χ0n) is 12.8. The van der Waals surface area contributed by atoms with Gasteiger partial charge in [0.1, 0.15) is 0 Å². The highest BCUT2D eigenvalue weighted by molar-refractivity contribution is 5.85. The molecule has 0 unspecified atom stereocenters. The minimum absolute atomic E-state index is 0.00684. The molecule has 5 heteroatoms. The third-order valence-electron chi connectivity index (χ3n) is 3.55. The van der Waals surface area contributed by atoms with Crippen molar-refractivity contribution in [1.29, 1.82) is 0 Å². The fourth-order valence-corrected chi connectivity index (χ4v) is 2.47. The van der Waals surface area contributed by atoms with Crippen molar-refractivity contribution in [1.82, 2.24) is 4.90 Å². The van der Waals surface area contributed by atoms with Gasteiger partial charge in [0.2, 0.25) is 5.91 Å². The van der Waals surface area contributed by atoms with Crippen molar-refractivity contribution in [3.05, 3.63) is 29.3 Å². The molecule has 2 amide bonds. The van der Waals surface area contributed by atoms with E-state index in [1.807, 2.05) is 36.9 Å². The molecule has 0 bridgehead atoms. The lowest BCUT2D eigenvalue weighted by Gasteiger charge is -2.30. The van der Waals surface area contributed by atoms with Gasteiger partial charge in [-0.15, -0.1) is 0 Å². The molecule has 1 aromatic carbocycles. The van der Waals surface area contributed by atoms with Crippen LogP contribution in [0.3, 0.4) is 0 Å². The van der Waals surface area contributed by atoms with Crippen molar-refractivity contribution in [3.63, 3.8) is 0 Å². The lowest BCUT2D eigenvalue weighted by Crippen LogP contribution is -2.38. The van der Waals surface area contributed by atoms with Crippen molar-refractivity contribution < 1.29 is 14.3 Å². The Morgan fingerprint density at radius 3 is 2.76 bits per heavy atom. The molecule has 1 aliphatic rings. The molecule has 1 heterocycles. The third-order valence-corrected chi connectivity index (χ3v) is 3.55. The van der Waals surface area contributed by atoms with Crippen LogP contribution in [-0.2, 0) is 22.5 Å². The number of anilines is 1. The van der Waals surface area contributed by atoms with Gasteiger partial charge in [-0.1, -0.05) is 19.9 Å². The molecule has 0 atom stereocenters. The maximum Gasteiger partial charge on any atom is 0.411 e. The molecule has 0 aliphatic carbocycles. The van der Waals surface area contributed by atoms with Gasteiger partial charge in [-0.3, -0.25) is 10.1 Å². The fraction of sp³-hybridized carbons (Fsp3) is 0.500. The summed E-state index contributed by atoms with van der Waals surface area (Å²) >= 11 is 0. The third kappa shape index (κ3) is 3.74. The average molecular weight is 290 g/mol. The predicted molar refractivity (Wildman–Crippen MR) is 81.0 cm³/mol. The smallest absolute Gasteiger partial charge is 0.411 e. The van der Waals surface area contributed by atoms with Gasteiger partial charge in [-0.25, -0.2) is 4.79 Å². The number of nitrogens with zero attached hydrogens (tertiary/aromatic N) is 1. The van der Waals surface area contributed by atoms with E-state index >= 15 is 0 Å². The number of hydrogen-bond donors (Lipinski definition) is 1. The van der Waals surface area contributed by atoms with Crippen molar-refractivity contribution in [2.45, 2.75) is 33.7 Å². The van der Waals surface area contributed by atoms with Crippen LogP contribution in [0, 0.1) is 5.92 Å². The Morgan fingerprint density at radius 2 is 2.10 bits per heavy atom. The summed E-state index contributed by atoms with van der Waals surface area (Å²) in [5, 5.41) is 2.70. The van der Waals surface area contributed by atoms with Gasteiger partial charge in [-0.2, -0.15) is 0 Å². The second kappa shape index (κ2) is 6.61. The van der Waals surface area contributed by atoms with Crippen LogP contribution in [0.5, 0.6) is 0 Å². The highest BCUT2D eigenvalue weighted by atomic mass is 16.5. The standard InChI is InChI=1S/C16H22N2O3/c1-4-21-16(20)17-14-6-5-12-7-8-18(10-13(12)9-14)15(19)11(2)3/h5-6,9,11H,4,7-8,10H2,1-3H3,(H,17,20). The Hall–Kier alpha value is -2.04. The Labute approximate surface area is 125 Å². The monoisotopic (exact) mass is 290 g/mol. The van der Waals surface area contributed by atoms with Gasteiger partial charge in [0, 0.05) is 24.7 Å². The van der Waals surface area contributed by atoms with E-state index in [9.17, 15) is 9.59 Å². The number of carbonyl (C=O) groups is 2. The van der Waals surface area contributed by atoms with Crippen molar-refractivity contribution >= 4 is 17.7 Å². The summed E-state index contributed by atoms with van der Waals surface area (Å²) in [4.78, 5) is 25.4. The normalized spacial score (nSPS) is 13.8. The van der Waals surface area contributed by atoms with Crippen molar-refractivity contribution in [2.24, 2.45) is 5.92 Å². The Balaban J connectivity index is 2.11. The SMILES string of the molecule is CCOC(=O)Nc1ccc2c(c1)CN(C(=O)C(C)C)CC2. The molecular formula is C16H22N2O3. The number of amides is 2. The zero-order valence-corrected chi connectivity index (χ0v) is 12.8. The molecule has 5 nitrogen and oxygen atoms in total. The van der Waals surface area contributed by atoms with Crippen LogP contribution in [0.2, 0.25) is 0 Å². The molecule has 1 N–H and O–H groups in total. The van der Waals surface area contributed by atoms with E-state index in [1.165, 1.54) is 5.56 Å². The number of benzene rings is 1. The first-order valence-electron chi connectivity index (χ1n) is 7.35. The Morgan fingerprint density at radius 1 is 1.33 bits per heavy atom. The van der Waals surface area contributed by atoms with Crippen LogP contribution >= 0.6 is 0 Å². The zero-order chi connectivity index (χ0) is 15.4. The first-order valence-corrected chi connectivity index (χ1v) is 7.35. The number of carbonyl (C=O) groups excluding carboxylic acids is 2. The van der Waals surface area contributed by atoms with E-state index in [-0.39, 0.29) is 11.8 Å². The van der Waals surface area contributed by atoms with E-state index < -0.39 is 6.09 Å². The van der Waals surface area contributed by atoms with Gasteiger partial charge >= 0.3 is 6.09 Å². The minimum Gasteiger partial charge on any atom is -0.450 e. The van der Waals surface area contributed by atoms with Crippen LogP contribution in [0.15, 0.2) is 18.2 Å². The van der Waals surface area contributed by atoms with Crippen LogP contribution in [0.25, 0.3) is 0 Å². The second-order valence-corrected chi connectivity index (χ2v) is 5.49. The summed E-state index contributed by atoms with van der Waals surface area (Å²) < 4.78 is 4.87. The molecule has 0 aromatic heterocycles. The first kappa shape index (κ1) is 15.4. The van der Waals surface area contributed by atoms with Gasteiger partial charge in [0.05, 0.1) is 6.61 Å². The lowest BCUT2D eigenvalue weighted by atomic mass is 9.98. The summed E-state index contributed by atoms with van der Waals surface area (Å²) in [5.74, 6) is 0.178. The number of nitrogens with one attached hydrogen (secondary N) is 1. The number of hydrogen-bond acceptors (Lipinski definition) is 3. The van der Waals surface area contributed by atoms with E-state index in [0.29, 0.717) is 18.8 Å². The Bertz CT molecular complexity index is 540. The summed E-state index contributed by atoms with van der Waals surface area (Å²) in [6.07, 6.45) is 0.399. The average Bonchev–Trinajstić information content (AvgIpc) is 2.45. The quantitative estimate of drug-likeness (QED) is 0.931. The largest absolute Gasteiger partial charge is 0.450 e. The van der Waals surface area contributed by atoms with Crippen LogP contribution in [-0.4, -0.2) is 30.1 Å². The summed E-state index contributed by atoms with van der Waals surface area (Å²) in [6.45, 7) is 7.29.